The number of hydrogen-bond acceptors (Lipinski definition) is 6. The Hall–Kier alpha value is -2.19. The van der Waals surface area contributed by atoms with Gasteiger partial charge < -0.3 is 24.4 Å². The molecule has 1 aromatic heterocycles. The van der Waals surface area contributed by atoms with Crippen molar-refractivity contribution in [2.24, 2.45) is 0 Å². The molecule has 8 heteroatoms. The van der Waals surface area contributed by atoms with Crippen molar-refractivity contribution in [3.8, 4) is 5.88 Å². The highest BCUT2D eigenvalue weighted by Crippen LogP contribution is 2.22. The molecular weight excluding hydrogens is 314 g/mol. The smallest absolute Gasteiger partial charge is 0.254 e. The first-order valence-electron chi connectivity index (χ1n) is 7.66. The molecule has 0 bridgehead atoms. The second-order valence-corrected chi connectivity index (χ2v) is 5.60. The number of carbonyl (C=O) groups excluding carboxylic acids is 2. The van der Waals surface area contributed by atoms with Gasteiger partial charge in [0.2, 0.25) is 11.8 Å². The molecule has 1 aliphatic rings. The minimum atomic E-state index is -0.872. The predicted molar refractivity (Wildman–Crippen MR) is 85.9 cm³/mol. The third-order valence-electron chi connectivity index (χ3n) is 4.02. The molecule has 1 aromatic rings. The zero-order valence-electron chi connectivity index (χ0n) is 14.2. The zero-order chi connectivity index (χ0) is 17.6. The van der Waals surface area contributed by atoms with Crippen LogP contribution < -0.4 is 10.1 Å². The van der Waals surface area contributed by atoms with E-state index in [1.165, 1.54) is 20.4 Å². The van der Waals surface area contributed by atoms with Crippen molar-refractivity contribution in [1.82, 2.24) is 15.2 Å². The minimum absolute atomic E-state index is 0.115. The highest BCUT2D eigenvalue weighted by molar-refractivity contribution is 5.94. The van der Waals surface area contributed by atoms with Crippen LogP contribution in [0.15, 0.2) is 18.3 Å². The highest BCUT2D eigenvalue weighted by atomic mass is 16.5. The van der Waals surface area contributed by atoms with E-state index in [0.717, 1.165) is 0 Å². The molecule has 8 nitrogen and oxygen atoms in total. The van der Waals surface area contributed by atoms with Crippen molar-refractivity contribution in [1.29, 1.82) is 0 Å². The van der Waals surface area contributed by atoms with Gasteiger partial charge in [0.05, 0.1) is 33.3 Å². The van der Waals surface area contributed by atoms with Crippen molar-refractivity contribution in [2.75, 3.05) is 47.6 Å². The van der Waals surface area contributed by atoms with E-state index in [1.54, 1.807) is 24.1 Å². The van der Waals surface area contributed by atoms with Crippen LogP contribution in [0, 0.1) is 0 Å². The third-order valence-corrected chi connectivity index (χ3v) is 4.02. The molecule has 2 rings (SSSR count). The molecule has 0 aromatic carbocycles. The van der Waals surface area contributed by atoms with Crippen LogP contribution >= 0.6 is 0 Å². The van der Waals surface area contributed by atoms with Crippen molar-refractivity contribution in [3.05, 3.63) is 23.9 Å². The van der Waals surface area contributed by atoms with E-state index >= 15 is 0 Å². The molecular formula is C16H23N3O5. The fraction of sp³-hybridized carbons (Fsp3) is 0.562. The zero-order valence-corrected chi connectivity index (χ0v) is 14.2. The number of nitrogens with zero attached hydrogens (tertiary/aromatic N) is 2. The first-order valence-corrected chi connectivity index (χ1v) is 7.66. The Morgan fingerprint density at radius 1 is 1.46 bits per heavy atom. The van der Waals surface area contributed by atoms with E-state index in [1.807, 2.05) is 0 Å². The van der Waals surface area contributed by atoms with E-state index in [-0.39, 0.29) is 31.4 Å². The van der Waals surface area contributed by atoms with E-state index in [9.17, 15) is 9.59 Å². The van der Waals surface area contributed by atoms with Gasteiger partial charge in [0.25, 0.3) is 5.91 Å². The van der Waals surface area contributed by atoms with Crippen molar-refractivity contribution < 1.29 is 23.8 Å². The minimum Gasteiger partial charge on any atom is -0.481 e. The highest BCUT2D eigenvalue weighted by Gasteiger charge is 2.38. The molecule has 1 fully saturated rings. The Morgan fingerprint density at radius 2 is 2.25 bits per heavy atom. The summed E-state index contributed by atoms with van der Waals surface area (Å²) in [7, 11) is 4.58. The number of nitrogens with one attached hydrogen (secondary N) is 1. The number of carbonyl (C=O) groups is 2. The van der Waals surface area contributed by atoms with Crippen LogP contribution in [0.2, 0.25) is 0 Å². The van der Waals surface area contributed by atoms with Gasteiger partial charge in [-0.15, -0.1) is 0 Å². The van der Waals surface area contributed by atoms with Gasteiger partial charge in [-0.1, -0.05) is 0 Å². The molecule has 0 saturated carbocycles. The number of rotatable bonds is 5. The second-order valence-electron chi connectivity index (χ2n) is 5.60. The molecule has 0 aliphatic carbocycles. The Labute approximate surface area is 141 Å². The lowest BCUT2D eigenvalue weighted by atomic mass is 9.98. The summed E-state index contributed by atoms with van der Waals surface area (Å²) in [6, 6.07) is 3.21. The molecule has 2 amide bonds. The molecule has 24 heavy (non-hydrogen) atoms. The maximum atomic E-state index is 12.8. The Kier molecular flexibility index (Phi) is 6.10. The van der Waals surface area contributed by atoms with Crippen LogP contribution in [-0.4, -0.2) is 74.9 Å². The van der Waals surface area contributed by atoms with Crippen molar-refractivity contribution in [2.45, 2.75) is 12.0 Å². The molecule has 1 atom stereocenters. The summed E-state index contributed by atoms with van der Waals surface area (Å²) in [4.78, 5) is 30.3. The van der Waals surface area contributed by atoms with Gasteiger partial charge >= 0.3 is 0 Å². The molecule has 1 aliphatic heterocycles. The maximum absolute atomic E-state index is 12.8. The van der Waals surface area contributed by atoms with Crippen molar-refractivity contribution >= 4 is 11.8 Å². The second kappa shape index (κ2) is 8.07. The summed E-state index contributed by atoms with van der Waals surface area (Å²) in [5, 5.41) is 2.58. The summed E-state index contributed by atoms with van der Waals surface area (Å²) in [6.45, 7) is 1.32. The van der Waals surface area contributed by atoms with Gasteiger partial charge in [0.15, 0.2) is 0 Å². The summed E-state index contributed by atoms with van der Waals surface area (Å²) in [5.74, 6) is 0.0233. The van der Waals surface area contributed by atoms with E-state index < -0.39 is 5.60 Å². The largest absolute Gasteiger partial charge is 0.481 e. The first-order chi connectivity index (χ1) is 11.5. The van der Waals surface area contributed by atoms with Crippen LogP contribution in [0.25, 0.3) is 0 Å². The number of amides is 2. The summed E-state index contributed by atoms with van der Waals surface area (Å²) in [6.07, 6.45) is 1.64. The number of aromatic nitrogens is 1. The third kappa shape index (κ3) is 4.21. The van der Waals surface area contributed by atoms with Crippen LogP contribution in [0.3, 0.4) is 0 Å². The lowest BCUT2D eigenvalue weighted by Gasteiger charge is -2.33. The Balaban J connectivity index is 2.21. The molecule has 0 spiro atoms. The van der Waals surface area contributed by atoms with Crippen LogP contribution in [0.1, 0.15) is 16.8 Å². The fourth-order valence-electron chi connectivity index (χ4n) is 2.60. The lowest BCUT2D eigenvalue weighted by molar-refractivity contribution is -0.131. The number of ether oxygens (including phenoxy) is 3. The number of methoxy groups -OCH3 is 2. The van der Waals surface area contributed by atoms with E-state index in [2.05, 4.69) is 10.3 Å². The topological polar surface area (TPSA) is 90.0 Å². The predicted octanol–water partition coefficient (Wildman–Crippen LogP) is 0.0839. The van der Waals surface area contributed by atoms with E-state index in [4.69, 9.17) is 14.2 Å². The average Bonchev–Trinajstić information content (AvgIpc) is 2.84. The van der Waals surface area contributed by atoms with Gasteiger partial charge in [-0.25, -0.2) is 4.98 Å². The molecule has 0 unspecified atom stereocenters. The average molecular weight is 337 g/mol. The number of hydrogen-bond donors (Lipinski definition) is 1. The maximum Gasteiger partial charge on any atom is 0.254 e. The fourth-order valence-corrected chi connectivity index (χ4v) is 2.60. The Morgan fingerprint density at radius 3 is 2.92 bits per heavy atom. The van der Waals surface area contributed by atoms with Gasteiger partial charge in [-0.3, -0.25) is 9.59 Å². The molecule has 2 heterocycles. The molecule has 132 valence electrons. The first kappa shape index (κ1) is 18.2. The Bertz CT molecular complexity index is 595. The van der Waals surface area contributed by atoms with Gasteiger partial charge in [0.1, 0.15) is 5.60 Å². The van der Waals surface area contributed by atoms with Crippen molar-refractivity contribution in [3.63, 3.8) is 0 Å². The SMILES string of the molecule is CNC(=O)C[C@@]1(OC)COCCN(C(=O)c2ccnc(OC)c2)C1. The monoisotopic (exact) mass is 337 g/mol. The quantitative estimate of drug-likeness (QED) is 0.819. The standard InChI is InChI=1S/C16H23N3O5/c1-17-13(20)9-16(23-3)10-19(6-7-24-11-16)15(21)12-4-5-18-14(8-12)22-2/h4-5,8H,6-7,9-11H2,1-3H3,(H,17,20)/t16-/m0/s1. The normalized spacial score (nSPS) is 21.0. The molecule has 1 N–H and O–H groups in total. The number of pyridine rings is 1. The summed E-state index contributed by atoms with van der Waals surface area (Å²) >= 11 is 0. The molecule has 1 saturated heterocycles. The van der Waals surface area contributed by atoms with Gasteiger partial charge in [-0.2, -0.15) is 0 Å². The van der Waals surface area contributed by atoms with Crippen LogP contribution in [0.4, 0.5) is 0 Å². The van der Waals surface area contributed by atoms with Gasteiger partial charge in [0, 0.05) is 38.5 Å². The van der Waals surface area contributed by atoms with Crippen LogP contribution in [-0.2, 0) is 14.3 Å². The molecule has 0 radical (unpaired) electrons. The van der Waals surface area contributed by atoms with Crippen LogP contribution in [0.5, 0.6) is 5.88 Å². The summed E-state index contributed by atoms with van der Waals surface area (Å²) < 4.78 is 16.2. The summed E-state index contributed by atoms with van der Waals surface area (Å²) in [5.41, 5.74) is -0.405. The van der Waals surface area contributed by atoms with Gasteiger partial charge in [-0.05, 0) is 6.07 Å². The van der Waals surface area contributed by atoms with E-state index in [0.29, 0.717) is 24.6 Å². The lowest BCUT2D eigenvalue weighted by Crippen LogP contribution is -2.50.